The fourth-order valence-corrected chi connectivity index (χ4v) is 5.60. The van der Waals surface area contributed by atoms with E-state index in [0.29, 0.717) is 17.1 Å². The van der Waals surface area contributed by atoms with Crippen LogP contribution in [0.15, 0.2) is 146 Å². The second-order valence-corrected chi connectivity index (χ2v) is 11.3. The fraction of sp³-hybridized carbons (Fsp3) is 0.0500. The minimum absolute atomic E-state index is 0.292. The Labute approximate surface area is 297 Å². The zero-order chi connectivity index (χ0) is 35.9. The van der Waals surface area contributed by atoms with Crippen LogP contribution in [0.4, 0.5) is 8.78 Å². The summed E-state index contributed by atoms with van der Waals surface area (Å²) in [6.45, 7) is 0. The molecule has 0 fully saturated rings. The van der Waals surface area contributed by atoms with E-state index in [0.717, 1.165) is 50.8 Å². The molecule has 0 saturated carbocycles. The maximum Gasteiger partial charge on any atom is 0.144 e. The number of nitrogens with zero attached hydrogens (tertiary/aromatic N) is 8. The van der Waals surface area contributed by atoms with Gasteiger partial charge < -0.3 is 9.47 Å². The maximum atomic E-state index is 13.3. The average molecular weight is 693 g/mol. The van der Waals surface area contributed by atoms with Crippen LogP contribution in [0, 0.1) is 11.6 Å². The molecule has 8 rings (SSSR count). The number of para-hydroxylation sites is 2. The molecule has 4 heterocycles. The quantitative estimate of drug-likeness (QED) is 0.157. The molecule has 8 aromatic rings. The third kappa shape index (κ3) is 6.98. The number of pyridine rings is 2. The Morgan fingerprint density at radius 2 is 1.02 bits per heavy atom. The number of halogens is 2. The zero-order valence-electron chi connectivity index (χ0n) is 28.0. The average Bonchev–Trinajstić information content (AvgIpc) is 3.85. The van der Waals surface area contributed by atoms with E-state index in [2.05, 4.69) is 30.6 Å². The molecule has 0 aliphatic heterocycles. The Kier molecular flexibility index (Phi) is 9.78. The van der Waals surface area contributed by atoms with E-state index in [-0.39, 0.29) is 11.6 Å². The molecule has 256 valence electrons. The normalized spacial score (nSPS) is 10.7. The van der Waals surface area contributed by atoms with Crippen LogP contribution >= 0.6 is 0 Å². The van der Waals surface area contributed by atoms with E-state index in [1.165, 1.54) is 24.3 Å². The van der Waals surface area contributed by atoms with Gasteiger partial charge in [0, 0.05) is 53.1 Å². The zero-order valence-corrected chi connectivity index (χ0v) is 28.0. The molecule has 0 saturated heterocycles. The monoisotopic (exact) mass is 692 g/mol. The van der Waals surface area contributed by atoms with E-state index in [4.69, 9.17) is 9.47 Å². The third-order valence-corrected chi connectivity index (χ3v) is 8.09. The fourth-order valence-electron chi connectivity index (χ4n) is 5.60. The highest BCUT2D eigenvalue weighted by molar-refractivity contribution is 5.80. The Hall–Kier alpha value is -7.08. The second kappa shape index (κ2) is 15.2. The highest BCUT2D eigenvalue weighted by Gasteiger charge is 2.21. The minimum Gasteiger partial charge on any atom is -0.497 e. The smallest absolute Gasteiger partial charge is 0.144 e. The lowest BCUT2D eigenvalue weighted by atomic mass is 10.1. The van der Waals surface area contributed by atoms with Crippen LogP contribution < -0.4 is 9.47 Å². The summed E-state index contributed by atoms with van der Waals surface area (Å²) >= 11 is 0. The van der Waals surface area contributed by atoms with Gasteiger partial charge in [-0.15, -0.1) is 10.2 Å². The van der Waals surface area contributed by atoms with E-state index in [1.807, 2.05) is 72.8 Å². The van der Waals surface area contributed by atoms with Gasteiger partial charge in [-0.25, -0.2) is 18.1 Å². The summed E-state index contributed by atoms with van der Waals surface area (Å²) in [6, 6.07) is 35.1. The number of benzene rings is 4. The third-order valence-electron chi connectivity index (χ3n) is 8.09. The van der Waals surface area contributed by atoms with Crippen LogP contribution in [0.2, 0.25) is 0 Å². The largest absolute Gasteiger partial charge is 0.497 e. The molecule has 0 aliphatic rings. The Bertz CT molecular complexity index is 2400. The molecule has 4 aromatic heterocycles. The van der Waals surface area contributed by atoms with Crippen molar-refractivity contribution >= 4 is 0 Å². The van der Waals surface area contributed by atoms with Crippen molar-refractivity contribution in [3.63, 3.8) is 0 Å². The van der Waals surface area contributed by atoms with Gasteiger partial charge in [0.1, 0.15) is 51.6 Å². The van der Waals surface area contributed by atoms with Gasteiger partial charge in [-0.2, -0.15) is 0 Å². The van der Waals surface area contributed by atoms with Crippen molar-refractivity contribution in [3.05, 3.63) is 158 Å². The topological polar surface area (TPSA) is 106 Å². The lowest BCUT2D eigenvalue weighted by Crippen LogP contribution is -2.02. The molecule has 12 heteroatoms. The Balaban J connectivity index is 0.000000162. The molecular formula is C40H30F2N8O2. The highest BCUT2D eigenvalue weighted by atomic mass is 19.1. The first-order chi connectivity index (χ1) is 25.5. The van der Waals surface area contributed by atoms with Crippen molar-refractivity contribution in [2.45, 2.75) is 0 Å². The molecule has 0 N–H and O–H groups in total. The van der Waals surface area contributed by atoms with Crippen LogP contribution in [-0.2, 0) is 0 Å². The predicted molar refractivity (Wildman–Crippen MR) is 193 cm³/mol. The molecule has 4 aromatic carbocycles. The molecule has 0 unspecified atom stereocenters. The van der Waals surface area contributed by atoms with Crippen molar-refractivity contribution < 1.29 is 18.3 Å². The number of ether oxygens (including phenoxy) is 2. The standard InChI is InChI=1S/2C20H15FN4O/c1-26-18-4-2-3-17(13-18)25-20(15-9-11-22-12-10-15)19(23-24-25)14-5-7-16(21)8-6-14;1-26-18-5-3-2-4-17(18)25-20(15-10-12-22-13-11-15)19(23-24-25)14-6-8-16(21)9-7-14/h2*2-13H,1H3. The van der Waals surface area contributed by atoms with Gasteiger partial charge in [0.25, 0.3) is 0 Å². The van der Waals surface area contributed by atoms with Crippen molar-refractivity contribution in [2.75, 3.05) is 14.2 Å². The van der Waals surface area contributed by atoms with Gasteiger partial charge >= 0.3 is 0 Å². The number of hydrogen-bond donors (Lipinski definition) is 0. The van der Waals surface area contributed by atoms with Crippen LogP contribution in [0.3, 0.4) is 0 Å². The first-order valence-electron chi connectivity index (χ1n) is 16.1. The summed E-state index contributed by atoms with van der Waals surface area (Å²) < 4.78 is 40.9. The second-order valence-electron chi connectivity index (χ2n) is 11.3. The Morgan fingerprint density at radius 3 is 1.56 bits per heavy atom. The molecule has 0 aliphatic carbocycles. The first-order valence-corrected chi connectivity index (χ1v) is 16.1. The van der Waals surface area contributed by atoms with Gasteiger partial charge in [-0.1, -0.05) is 28.6 Å². The molecule has 10 nitrogen and oxygen atoms in total. The van der Waals surface area contributed by atoms with Crippen molar-refractivity contribution in [2.24, 2.45) is 0 Å². The van der Waals surface area contributed by atoms with Crippen molar-refractivity contribution in [3.8, 4) is 67.9 Å². The van der Waals surface area contributed by atoms with Crippen LogP contribution in [-0.4, -0.2) is 54.2 Å². The highest BCUT2D eigenvalue weighted by Crippen LogP contribution is 2.35. The molecule has 52 heavy (non-hydrogen) atoms. The maximum absolute atomic E-state index is 13.3. The van der Waals surface area contributed by atoms with Crippen LogP contribution in [0.25, 0.3) is 56.4 Å². The lowest BCUT2D eigenvalue weighted by Gasteiger charge is -2.11. The Morgan fingerprint density at radius 1 is 0.500 bits per heavy atom. The summed E-state index contributed by atoms with van der Waals surface area (Å²) in [4.78, 5) is 8.16. The van der Waals surface area contributed by atoms with Gasteiger partial charge in [0.2, 0.25) is 0 Å². The minimum atomic E-state index is -0.295. The number of hydrogen-bond acceptors (Lipinski definition) is 8. The summed E-state index contributed by atoms with van der Waals surface area (Å²) in [6.07, 6.45) is 6.85. The van der Waals surface area contributed by atoms with Gasteiger partial charge in [0.15, 0.2) is 0 Å². The SMILES string of the molecule is COc1cccc(-n2nnc(-c3ccc(F)cc3)c2-c2ccncc2)c1.COc1ccccc1-n1nnc(-c2ccc(F)cc2)c1-c1ccncc1. The van der Waals surface area contributed by atoms with E-state index in [9.17, 15) is 8.78 Å². The molecule has 0 spiro atoms. The van der Waals surface area contributed by atoms with E-state index in [1.54, 1.807) is 72.6 Å². The van der Waals surface area contributed by atoms with Crippen molar-refractivity contribution in [1.29, 1.82) is 0 Å². The summed E-state index contributed by atoms with van der Waals surface area (Å²) in [5.74, 6) is 0.816. The van der Waals surface area contributed by atoms with Crippen molar-refractivity contribution in [1.82, 2.24) is 40.0 Å². The summed E-state index contributed by atoms with van der Waals surface area (Å²) in [5, 5.41) is 17.4. The molecule has 0 bridgehead atoms. The number of methoxy groups -OCH3 is 2. The number of aromatic nitrogens is 8. The van der Waals surface area contributed by atoms with Gasteiger partial charge in [0.05, 0.1) is 19.9 Å². The van der Waals surface area contributed by atoms with E-state index < -0.39 is 0 Å². The predicted octanol–water partition coefficient (Wildman–Crippen LogP) is 8.29. The number of rotatable bonds is 8. The molecule has 0 atom stereocenters. The lowest BCUT2D eigenvalue weighted by molar-refractivity contribution is 0.411. The molecular weight excluding hydrogens is 662 g/mol. The van der Waals surface area contributed by atoms with Crippen LogP contribution in [0.5, 0.6) is 11.5 Å². The first kappa shape index (κ1) is 33.4. The summed E-state index contributed by atoms with van der Waals surface area (Å²) in [7, 11) is 3.23. The molecule has 0 amide bonds. The summed E-state index contributed by atoms with van der Waals surface area (Å²) in [5.41, 5.74) is 7.85. The van der Waals surface area contributed by atoms with Crippen LogP contribution in [0.1, 0.15) is 0 Å². The van der Waals surface area contributed by atoms with Gasteiger partial charge in [-0.3, -0.25) is 9.97 Å². The van der Waals surface area contributed by atoms with Gasteiger partial charge in [-0.05, 0) is 97.1 Å². The molecule has 0 radical (unpaired) electrons. The van der Waals surface area contributed by atoms with E-state index >= 15 is 0 Å².